The SMILES string of the molecule is Cc1sc(N(C#N)c2cc(F)nc(F)c2)nc1C(=O)NC1CCCCC1. The van der Waals surface area contributed by atoms with E-state index in [1.807, 2.05) is 6.19 Å². The van der Waals surface area contributed by atoms with Gasteiger partial charge < -0.3 is 5.32 Å². The minimum absolute atomic E-state index is 0.0366. The standard InChI is InChI=1S/C17H17F2N5OS/c1-10-15(16(25)21-11-5-3-2-4-6-11)23-17(26-10)24(9-20)12-7-13(18)22-14(19)8-12/h7-8,11H,2-6H2,1H3,(H,21,25). The van der Waals surface area contributed by atoms with Crippen LogP contribution in [0.15, 0.2) is 12.1 Å². The van der Waals surface area contributed by atoms with Gasteiger partial charge in [-0.15, -0.1) is 11.3 Å². The maximum Gasteiger partial charge on any atom is 0.271 e. The molecule has 0 radical (unpaired) electrons. The highest BCUT2D eigenvalue weighted by molar-refractivity contribution is 7.16. The van der Waals surface area contributed by atoms with E-state index in [9.17, 15) is 18.8 Å². The molecule has 0 atom stereocenters. The number of anilines is 2. The third-order valence-corrected chi connectivity index (χ3v) is 5.19. The molecular weight excluding hydrogens is 360 g/mol. The third kappa shape index (κ3) is 3.96. The number of rotatable bonds is 4. The number of amides is 1. The number of nitriles is 1. The normalized spacial score (nSPS) is 14.7. The molecule has 0 aromatic carbocycles. The van der Waals surface area contributed by atoms with Gasteiger partial charge in [-0.2, -0.15) is 19.0 Å². The molecule has 2 aromatic heterocycles. The first kappa shape index (κ1) is 18.2. The quantitative estimate of drug-likeness (QED) is 0.498. The Morgan fingerprint density at radius 2 is 1.92 bits per heavy atom. The number of aromatic nitrogens is 2. The van der Waals surface area contributed by atoms with Crippen molar-refractivity contribution in [3.63, 3.8) is 0 Å². The van der Waals surface area contributed by atoms with Crippen molar-refractivity contribution in [2.45, 2.75) is 45.1 Å². The van der Waals surface area contributed by atoms with Crippen molar-refractivity contribution >= 4 is 28.1 Å². The van der Waals surface area contributed by atoms with E-state index in [1.165, 1.54) is 6.42 Å². The van der Waals surface area contributed by atoms with Crippen LogP contribution < -0.4 is 10.2 Å². The molecule has 9 heteroatoms. The van der Waals surface area contributed by atoms with Crippen LogP contribution in [-0.2, 0) is 0 Å². The van der Waals surface area contributed by atoms with Gasteiger partial charge in [0.05, 0.1) is 5.69 Å². The van der Waals surface area contributed by atoms with Crippen molar-refractivity contribution in [3.05, 3.63) is 34.6 Å². The molecule has 3 rings (SSSR count). The summed E-state index contributed by atoms with van der Waals surface area (Å²) in [5, 5.41) is 12.5. The Labute approximate surface area is 153 Å². The molecule has 0 aliphatic heterocycles. The zero-order chi connectivity index (χ0) is 18.7. The topological polar surface area (TPSA) is 81.9 Å². The number of carbonyl (C=O) groups excluding carboxylic acids is 1. The number of halogens is 2. The van der Waals surface area contributed by atoms with Crippen LogP contribution >= 0.6 is 11.3 Å². The third-order valence-electron chi connectivity index (χ3n) is 4.24. The molecule has 1 aliphatic carbocycles. The highest BCUT2D eigenvalue weighted by atomic mass is 32.1. The van der Waals surface area contributed by atoms with E-state index >= 15 is 0 Å². The Morgan fingerprint density at radius 3 is 2.54 bits per heavy atom. The van der Waals surface area contributed by atoms with Gasteiger partial charge in [0.1, 0.15) is 5.69 Å². The highest BCUT2D eigenvalue weighted by Gasteiger charge is 2.23. The van der Waals surface area contributed by atoms with Crippen molar-refractivity contribution in [2.24, 2.45) is 0 Å². The summed E-state index contributed by atoms with van der Waals surface area (Å²) in [7, 11) is 0. The molecule has 0 saturated heterocycles. The Hall–Kier alpha value is -2.60. The molecule has 1 fully saturated rings. The second-order valence-corrected chi connectivity index (χ2v) is 7.30. The summed E-state index contributed by atoms with van der Waals surface area (Å²) in [6.07, 6.45) is 7.10. The van der Waals surface area contributed by atoms with Crippen LogP contribution in [0.25, 0.3) is 0 Å². The number of thiazole rings is 1. The first-order valence-electron chi connectivity index (χ1n) is 8.29. The monoisotopic (exact) mass is 377 g/mol. The Morgan fingerprint density at radius 1 is 1.27 bits per heavy atom. The average molecular weight is 377 g/mol. The zero-order valence-electron chi connectivity index (χ0n) is 14.1. The predicted octanol–water partition coefficient (Wildman–Crippen LogP) is 3.81. The molecule has 0 spiro atoms. The average Bonchev–Trinajstić information content (AvgIpc) is 2.97. The van der Waals surface area contributed by atoms with Crippen LogP contribution in [0.2, 0.25) is 0 Å². The van der Waals surface area contributed by atoms with Crippen molar-refractivity contribution in [1.82, 2.24) is 15.3 Å². The second-order valence-electron chi connectivity index (χ2n) is 6.12. The summed E-state index contributed by atoms with van der Waals surface area (Å²) < 4.78 is 26.7. The summed E-state index contributed by atoms with van der Waals surface area (Å²) in [4.78, 5) is 21.3. The largest absolute Gasteiger partial charge is 0.348 e. The number of pyridine rings is 1. The Kier molecular flexibility index (Phi) is 5.42. The predicted molar refractivity (Wildman–Crippen MR) is 93.1 cm³/mol. The number of aryl methyl sites for hydroxylation is 1. The number of nitrogens with one attached hydrogen (secondary N) is 1. The van der Waals surface area contributed by atoms with Crippen LogP contribution in [0.1, 0.15) is 47.5 Å². The van der Waals surface area contributed by atoms with Gasteiger partial charge in [-0.3, -0.25) is 4.79 Å². The smallest absolute Gasteiger partial charge is 0.271 e. The Bertz CT molecular complexity index is 837. The van der Waals surface area contributed by atoms with Crippen molar-refractivity contribution in [3.8, 4) is 6.19 Å². The minimum Gasteiger partial charge on any atom is -0.348 e. The number of hydrogen-bond acceptors (Lipinski definition) is 6. The number of nitrogens with zero attached hydrogens (tertiary/aromatic N) is 4. The number of carbonyl (C=O) groups is 1. The molecule has 1 saturated carbocycles. The molecule has 26 heavy (non-hydrogen) atoms. The molecule has 1 amide bonds. The summed E-state index contributed by atoms with van der Waals surface area (Å²) in [5.74, 6) is -2.37. The fraction of sp³-hybridized carbons (Fsp3) is 0.412. The molecule has 0 bridgehead atoms. The summed E-state index contributed by atoms with van der Waals surface area (Å²) >= 11 is 1.11. The molecule has 2 heterocycles. The van der Waals surface area contributed by atoms with Crippen LogP contribution in [0.4, 0.5) is 19.6 Å². The highest BCUT2D eigenvalue weighted by Crippen LogP contribution is 2.31. The van der Waals surface area contributed by atoms with E-state index in [0.717, 1.165) is 54.1 Å². The van der Waals surface area contributed by atoms with Gasteiger partial charge in [0.25, 0.3) is 5.91 Å². The molecule has 136 valence electrons. The molecule has 6 nitrogen and oxygen atoms in total. The van der Waals surface area contributed by atoms with Gasteiger partial charge in [0.2, 0.25) is 17.0 Å². The van der Waals surface area contributed by atoms with Crippen LogP contribution in [-0.4, -0.2) is 21.9 Å². The van der Waals surface area contributed by atoms with Crippen LogP contribution in [0.3, 0.4) is 0 Å². The van der Waals surface area contributed by atoms with E-state index in [4.69, 9.17) is 0 Å². The van der Waals surface area contributed by atoms with Gasteiger partial charge in [0, 0.05) is 23.1 Å². The Balaban J connectivity index is 1.83. The molecule has 0 unspecified atom stereocenters. The first-order valence-corrected chi connectivity index (χ1v) is 9.11. The fourth-order valence-electron chi connectivity index (χ4n) is 2.98. The summed E-state index contributed by atoms with van der Waals surface area (Å²) in [6.45, 7) is 1.72. The van der Waals surface area contributed by atoms with Gasteiger partial charge in [0.15, 0.2) is 6.19 Å². The van der Waals surface area contributed by atoms with Gasteiger partial charge in [-0.1, -0.05) is 19.3 Å². The summed E-state index contributed by atoms with van der Waals surface area (Å²) in [5.41, 5.74) is 0.191. The number of hydrogen-bond donors (Lipinski definition) is 1. The van der Waals surface area contributed by atoms with E-state index in [1.54, 1.807) is 6.92 Å². The van der Waals surface area contributed by atoms with Gasteiger partial charge in [-0.25, -0.2) is 9.88 Å². The van der Waals surface area contributed by atoms with Crippen molar-refractivity contribution in [1.29, 1.82) is 5.26 Å². The van der Waals surface area contributed by atoms with Crippen molar-refractivity contribution < 1.29 is 13.6 Å². The second kappa shape index (κ2) is 7.74. The maximum absolute atomic E-state index is 13.3. The maximum atomic E-state index is 13.3. The van der Waals surface area contributed by atoms with Crippen LogP contribution in [0, 0.1) is 30.3 Å². The molecule has 2 aromatic rings. The first-order chi connectivity index (χ1) is 12.5. The minimum atomic E-state index is -1.04. The van der Waals surface area contributed by atoms with Crippen molar-refractivity contribution in [2.75, 3.05) is 4.90 Å². The zero-order valence-corrected chi connectivity index (χ0v) is 14.9. The lowest BCUT2D eigenvalue weighted by Crippen LogP contribution is -2.36. The van der Waals surface area contributed by atoms with Gasteiger partial charge >= 0.3 is 0 Å². The molecule has 1 aliphatic rings. The molecular formula is C17H17F2N5OS. The van der Waals surface area contributed by atoms with E-state index < -0.39 is 11.9 Å². The lowest BCUT2D eigenvalue weighted by Gasteiger charge is -2.22. The van der Waals surface area contributed by atoms with E-state index in [-0.39, 0.29) is 28.5 Å². The van der Waals surface area contributed by atoms with Crippen LogP contribution in [0.5, 0.6) is 0 Å². The molecule has 1 N–H and O–H groups in total. The van der Waals surface area contributed by atoms with E-state index in [2.05, 4.69) is 15.3 Å². The van der Waals surface area contributed by atoms with E-state index in [0.29, 0.717) is 4.88 Å². The fourth-order valence-corrected chi connectivity index (χ4v) is 3.87. The van der Waals surface area contributed by atoms with Gasteiger partial charge in [-0.05, 0) is 19.8 Å². The summed E-state index contributed by atoms with van der Waals surface area (Å²) in [6, 6.07) is 2.01. The lowest BCUT2D eigenvalue weighted by atomic mass is 9.95. The lowest BCUT2D eigenvalue weighted by molar-refractivity contribution is 0.0923.